The summed E-state index contributed by atoms with van der Waals surface area (Å²) in [4.78, 5) is 51.8. The van der Waals surface area contributed by atoms with Crippen LogP contribution in [0.1, 0.15) is 27.1 Å². The molecule has 2 bridgehead atoms. The lowest BCUT2D eigenvalue weighted by molar-refractivity contribution is -0.123. The van der Waals surface area contributed by atoms with Crippen LogP contribution in [0.15, 0.2) is 48.5 Å². The lowest BCUT2D eigenvalue weighted by atomic mass is 9.81. The number of rotatable bonds is 4. The molecule has 164 valence electrons. The van der Waals surface area contributed by atoms with Crippen LogP contribution in [-0.2, 0) is 9.59 Å². The standard InChI is InChI=1S/C23H18Br2N2O5/c24-18-13-9-14(19(18)25)17-16(13)21(29)27(22(17)30)11-7-5-10(6-8-11)20(28)26-15-4-2-1-3-12(15)23(31)32/h1-8,13-14,16-19H,9H2,(H,26,28)(H,31,32)/t13-,14-,16-,17+,18-,19+/m1/s1. The number of carboxylic acids is 1. The summed E-state index contributed by atoms with van der Waals surface area (Å²) in [5.74, 6) is -2.32. The second kappa shape index (κ2) is 7.81. The van der Waals surface area contributed by atoms with E-state index in [2.05, 4.69) is 37.2 Å². The number of nitrogens with zero attached hydrogens (tertiary/aromatic N) is 1. The monoisotopic (exact) mass is 560 g/mol. The molecule has 2 N–H and O–H groups in total. The SMILES string of the molecule is O=C(Nc1ccccc1C(=O)O)c1ccc(N2C(=O)[C@@H]3[C@H]4C[C@@H]([C@H](Br)[C@@H]4Br)[C@@H]3C2=O)cc1. The Labute approximate surface area is 200 Å². The van der Waals surface area contributed by atoms with Gasteiger partial charge in [0.05, 0.1) is 28.8 Å². The number of nitrogens with one attached hydrogen (secondary N) is 1. The lowest BCUT2D eigenvalue weighted by Gasteiger charge is -2.28. The molecule has 3 aliphatic rings. The van der Waals surface area contributed by atoms with Crippen molar-refractivity contribution in [1.82, 2.24) is 0 Å². The zero-order valence-electron chi connectivity index (χ0n) is 16.6. The Balaban J connectivity index is 1.36. The number of imide groups is 1. The number of halogens is 2. The molecule has 1 aliphatic heterocycles. The highest BCUT2D eigenvalue weighted by molar-refractivity contribution is 9.12. The third kappa shape index (κ3) is 3.13. The number of hydrogen-bond donors (Lipinski definition) is 2. The maximum absolute atomic E-state index is 13.1. The van der Waals surface area contributed by atoms with Crippen LogP contribution < -0.4 is 10.2 Å². The van der Waals surface area contributed by atoms with Crippen molar-refractivity contribution in [2.24, 2.45) is 23.7 Å². The van der Waals surface area contributed by atoms with E-state index in [9.17, 15) is 24.3 Å². The van der Waals surface area contributed by atoms with Crippen LogP contribution in [0.4, 0.5) is 11.4 Å². The third-order valence-electron chi connectivity index (χ3n) is 6.78. The van der Waals surface area contributed by atoms with Crippen LogP contribution in [0.2, 0.25) is 0 Å². The quantitative estimate of drug-likeness (QED) is 0.435. The van der Waals surface area contributed by atoms with E-state index in [0.29, 0.717) is 5.69 Å². The van der Waals surface area contributed by atoms with Gasteiger partial charge in [0.1, 0.15) is 0 Å². The molecule has 0 aromatic heterocycles. The van der Waals surface area contributed by atoms with Crippen LogP contribution >= 0.6 is 31.9 Å². The number of anilines is 2. The largest absolute Gasteiger partial charge is 0.478 e. The molecule has 3 fully saturated rings. The molecule has 1 saturated heterocycles. The number of fused-ring (bicyclic) bond motifs is 5. The molecule has 0 unspecified atom stereocenters. The predicted octanol–water partition coefficient (Wildman–Crippen LogP) is 3.92. The molecule has 3 amide bonds. The summed E-state index contributed by atoms with van der Waals surface area (Å²) >= 11 is 7.35. The van der Waals surface area contributed by atoms with Crippen molar-refractivity contribution < 1.29 is 24.3 Å². The number of amides is 3. The van der Waals surface area contributed by atoms with Crippen molar-refractivity contribution in [1.29, 1.82) is 0 Å². The molecule has 5 rings (SSSR count). The number of hydrogen-bond acceptors (Lipinski definition) is 4. The molecule has 2 saturated carbocycles. The summed E-state index contributed by atoms with van der Waals surface area (Å²) in [6.45, 7) is 0. The topological polar surface area (TPSA) is 104 Å². The maximum Gasteiger partial charge on any atom is 0.337 e. The summed E-state index contributed by atoms with van der Waals surface area (Å²) in [6, 6.07) is 12.3. The second-order valence-corrected chi connectivity index (χ2v) is 10.5. The Morgan fingerprint density at radius 1 is 0.906 bits per heavy atom. The van der Waals surface area contributed by atoms with E-state index in [4.69, 9.17) is 0 Å². The van der Waals surface area contributed by atoms with Gasteiger partial charge in [-0.3, -0.25) is 19.3 Å². The molecule has 2 aliphatic carbocycles. The first-order chi connectivity index (χ1) is 15.3. The van der Waals surface area contributed by atoms with E-state index in [1.807, 2.05) is 0 Å². The summed E-state index contributed by atoms with van der Waals surface area (Å²) < 4.78 is 0. The van der Waals surface area contributed by atoms with Gasteiger partial charge in [0.2, 0.25) is 11.8 Å². The normalized spacial score (nSPS) is 30.5. The number of para-hydroxylation sites is 1. The Bertz CT molecular complexity index is 1120. The fraction of sp³-hybridized carbons (Fsp3) is 0.304. The van der Waals surface area contributed by atoms with Gasteiger partial charge in [0.25, 0.3) is 5.91 Å². The average Bonchev–Trinajstić information content (AvgIpc) is 3.39. The molecule has 2 aromatic rings. The van der Waals surface area contributed by atoms with E-state index in [1.54, 1.807) is 24.3 Å². The Kier molecular flexibility index (Phi) is 5.21. The molecule has 1 heterocycles. The number of carbonyl (C=O) groups excluding carboxylic acids is 3. The van der Waals surface area contributed by atoms with Crippen molar-refractivity contribution >= 4 is 66.9 Å². The van der Waals surface area contributed by atoms with Gasteiger partial charge in [-0.2, -0.15) is 0 Å². The van der Waals surface area contributed by atoms with Gasteiger partial charge in [-0.1, -0.05) is 44.0 Å². The minimum Gasteiger partial charge on any atom is -0.478 e. The molecule has 6 atom stereocenters. The molecular formula is C23H18Br2N2O5. The summed E-state index contributed by atoms with van der Waals surface area (Å²) in [5.41, 5.74) is 0.904. The van der Waals surface area contributed by atoms with Crippen molar-refractivity contribution in [2.45, 2.75) is 16.1 Å². The predicted molar refractivity (Wildman–Crippen MR) is 124 cm³/mol. The molecule has 7 nitrogen and oxygen atoms in total. The number of carbonyl (C=O) groups is 4. The average molecular weight is 562 g/mol. The second-order valence-electron chi connectivity index (χ2n) is 8.37. The fourth-order valence-electron chi connectivity index (χ4n) is 5.34. The van der Waals surface area contributed by atoms with E-state index >= 15 is 0 Å². The first-order valence-corrected chi connectivity index (χ1v) is 12.0. The van der Waals surface area contributed by atoms with Gasteiger partial charge in [-0.25, -0.2) is 4.79 Å². The Morgan fingerprint density at radius 3 is 2.03 bits per heavy atom. The molecule has 2 aromatic carbocycles. The molecule has 0 spiro atoms. The zero-order chi connectivity index (χ0) is 22.7. The first kappa shape index (κ1) is 21.3. The number of benzene rings is 2. The van der Waals surface area contributed by atoms with Crippen LogP contribution in [0.5, 0.6) is 0 Å². The van der Waals surface area contributed by atoms with Crippen molar-refractivity contribution in [3.05, 3.63) is 59.7 Å². The molecule has 0 radical (unpaired) electrons. The van der Waals surface area contributed by atoms with Crippen molar-refractivity contribution in [3.8, 4) is 0 Å². The zero-order valence-corrected chi connectivity index (χ0v) is 19.7. The smallest absolute Gasteiger partial charge is 0.337 e. The van der Waals surface area contributed by atoms with Crippen molar-refractivity contribution in [3.63, 3.8) is 0 Å². The highest BCUT2D eigenvalue weighted by Crippen LogP contribution is 2.60. The first-order valence-electron chi connectivity index (χ1n) is 10.2. The van der Waals surface area contributed by atoms with E-state index < -0.39 is 11.9 Å². The van der Waals surface area contributed by atoms with Gasteiger partial charge in [-0.15, -0.1) is 0 Å². The highest BCUT2D eigenvalue weighted by Gasteiger charge is 2.66. The third-order valence-corrected chi connectivity index (χ3v) is 9.99. The lowest BCUT2D eigenvalue weighted by Crippen LogP contribution is -2.37. The van der Waals surface area contributed by atoms with Crippen LogP contribution in [0.3, 0.4) is 0 Å². The fourth-order valence-corrected chi connectivity index (χ4v) is 7.21. The summed E-state index contributed by atoms with van der Waals surface area (Å²) in [6.07, 6.45) is 0.864. The van der Waals surface area contributed by atoms with Gasteiger partial charge in [-0.05, 0) is 54.7 Å². The molecule has 32 heavy (non-hydrogen) atoms. The van der Waals surface area contributed by atoms with Crippen LogP contribution in [0, 0.1) is 23.7 Å². The van der Waals surface area contributed by atoms with Gasteiger partial charge in [0.15, 0.2) is 0 Å². The maximum atomic E-state index is 13.1. The van der Waals surface area contributed by atoms with Gasteiger partial charge >= 0.3 is 5.97 Å². The Morgan fingerprint density at radius 2 is 1.47 bits per heavy atom. The van der Waals surface area contributed by atoms with Crippen LogP contribution in [-0.4, -0.2) is 38.5 Å². The number of aromatic carboxylic acids is 1. The minimum absolute atomic E-state index is 0.0120. The van der Waals surface area contributed by atoms with Crippen LogP contribution in [0.25, 0.3) is 0 Å². The van der Waals surface area contributed by atoms with E-state index in [-0.39, 0.29) is 62.0 Å². The van der Waals surface area contributed by atoms with E-state index in [0.717, 1.165) is 6.42 Å². The molecular weight excluding hydrogens is 544 g/mol. The summed E-state index contributed by atoms with van der Waals surface area (Å²) in [5, 5.41) is 11.9. The number of carboxylic acid groups (broad SMARTS) is 1. The highest BCUT2D eigenvalue weighted by atomic mass is 79.9. The van der Waals surface area contributed by atoms with Gasteiger partial charge in [0, 0.05) is 15.2 Å². The van der Waals surface area contributed by atoms with Crippen molar-refractivity contribution in [2.75, 3.05) is 10.2 Å². The van der Waals surface area contributed by atoms with E-state index in [1.165, 1.54) is 29.2 Å². The van der Waals surface area contributed by atoms with Gasteiger partial charge < -0.3 is 10.4 Å². The Hall–Kier alpha value is -2.52. The molecule has 9 heteroatoms. The summed E-state index contributed by atoms with van der Waals surface area (Å²) in [7, 11) is 0. The minimum atomic E-state index is -1.14. The number of alkyl halides is 2.